The fourth-order valence-corrected chi connectivity index (χ4v) is 4.79. The molecule has 0 N–H and O–H groups in total. The molecular weight excluding hydrogens is 376 g/mol. The number of fused-ring (bicyclic) bond motifs is 1. The van der Waals surface area contributed by atoms with Crippen LogP contribution >= 0.6 is 0 Å². The third kappa shape index (κ3) is 3.64. The molecule has 2 aromatic heterocycles. The molecule has 0 radical (unpaired) electrons. The maximum atomic E-state index is 13.0. The van der Waals surface area contributed by atoms with E-state index in [-0.39, 0.29) is 5.91 Å². The maximum Gasteiger partial charge on any atom is 0.254 e. The van der Waals surface area contributed by atoms with Crippen molar-refractivity contribution in [2.75, 3.05) is 31.1 Å². The number of aryl methyl sites for hydroxylation is 1. The molecule has 0 unspecified atom stereocenters. The Labute approximate surface area is 176 Å². The molecule has 1 saturated carbocycles. The molecule has 7 heteroatoms. The number of piperazine rings is 1. The molecule has 7 nitrogen and oxygen atoms in total. The van der Waals surface area contributed by atoms with Gasteiger partial charge >= 0.3 is 0 Å². The molecule has 1 aliphatic heterocycles. The van der Waals surface area contributed by atoms with E-state index in [9.17, 15) is 4.79 Å². The van der Waals surface area contributed by atoms with Gasteiger partial charge in [0.25, 0.3) is 11.7 Å². The average molecular weight is 405 g/mol. The van der Waals surface area contributed by atoms with Gasteiger partial charge in [-0.25, -0.2) is 4.98 Å². The number of amides is 1. The van der Waals surface area contributed by atoms with E-state index in [4.69, 9.17) is 0 Å². The Balaban J connectivity index is 1.25. The van der Waals surface area contributed by atoms with Gasteiger partial charge in [0, 0.05) is 43.5 Å². The Morgan fingerprint density at radius 2 is 1.73 bits per heavy atom. The predicted octanol–water partition coefficient (Wildman–Crippen LogP) is 3.44. The molecule has 1 aliphatic carbocycles. The maximum absolute atomic E-state index is 13.0. The monoisotopic (exact) mass is 404 g/mol. The average Bonchev–Trinajstić information content (AvgIpc) is 3.27. The molecule has 1 saturated heterocycles. The van der Waals surface area contributed by atoms with Crippen LogP contribution in [0.5, 0.6) is 0 Å². The molecule has 0 atom stereocenters. The zero-order valence-corrected chi connectivity index (χ0v) is 17.5. The third-order valence-corrected chi connectivity index (χ3v) is 6.49. The Kier molecular flexibility index (Phi) is 5.11. The van der Waals surface area contributed by atoms with Gasteiger partial charge in [-0.3, -0.25) is 4.79 Å². The Morgan fingerprint density at radius 1 is 1.00 bits per heavy atom. The van der Waals surface area contributed by atoms with Crippen molar-refractivity contribution in [3.8, 4) is 0 Å². The summed E-state index contributed by atoms with van der Waals surface area (Å²) in [6, 6.07) is 10.4. The lowest BCUT2D eigenvalue weighted by Crippen LogP contribution is -2.49. The van der Waals surface area contributed by atoms with E-state index in [1.807, 2.05) is 30.0 Å². The summed E-state index contributed by atoms with van der Waals surface area (Å²) in [6.45, 7) is 4.89. The molecule has 0 spiro atoms. The van der Waals surface area contributed by atoms with Gasteiger partial charge in [-0.1, -0.05) is 31.4 Å². The van der Waals surface area contributed by atoms with Crippen LogP contribution in [0.4, 0.5) is 5.82 Å². The number of rotatable bonds is 3. The van der Waals surface area contributed by atoms with Gasteiger partial charge in [-0.2, -0.15) is 14.6 Å². The number of hydrogen-bond acceptors (Lipinski definition) is 5. The van der Waals surface area contributed by atoms with Crippen molar-refractivity contribution < 1.29 is 4.79 Å². The van der Waals surface area contributed by atoms with Crippen molar-refractivity contribution in [2.24, 2.45) is 0 Å². The van der Waals surface area contributed by atoms with Crippen LogP contribution in [0.15, 0.2) is 36.7 Å². The first-order valence-electron chi connectivity index (χ1n) is 11.0. The highest BCUT2D eigenvalue weighted by Gasteiger charge is 2.24. The molecule has 1 aromatic carbocycles. The number of carbonyl (C=O) groups excluding carboxylic acids is 1. The zero-order valence-electron chi connectivity index (χ0n) is 17.5. The van der Waals surface area contributed by atoms with Crippen LogP contribution in [0.25, 0.3) is 5.78 Å². The van der Waals surface area contributed by atoms with Crippen molar-refractivity contribution in [3.63, 3.8) is 0 Å². The molecule has 2 fully saturated rings. The van der Waals surface area contributed by atoms with E-state index in [1.54, 1.807) is 4.52 Å². The summed E-state index contributed by atoms with van der Waals surface area (Å²) < 4.78 is 1.77. The smallest absolute Gasteiger partial charge is 0.254 e. The lowest BCUT2D eigenvalue weighted by atomic mass is 9.84. The molecule has 5 rings (SSSR count). The molecule has 2 aliphatic rings. The van der Waals surface area contributed by atoms with Crippen LogP contribution in [-0.2, 0) is 0 Å². The number of nitrogens with zero attached hydrogens (tertiary/aromatic N) is 6. The molecule has 0 bridgehead atoms. The number of anilines is 1. The first-order chi connectivity index (χ1) is 14.7. The quantitative estimate of drug-likeness (QED) is 0.669. The van der Waals surface area contributed by atoms with Crippen LogP contribution in [0.3, 0.4) is 0 Å². The molecule has 30 heavy (non-hydrogen) atoms. The Bertz CT molecular complexity index is 1030. The van der Waals surface area contributed by atoms with Crippen molar-refractivity contribution in [3.05, 3.63) is 53.5 Å². The van der Waals surface area contributed by atoms with Gasteiger partial charge in [0.15, 0.2) is 0 Å². The van der Waals surface area contributed by atoms with Crippen molar-refractivity contribution >= 4 is 17.5 Å². The second kappa shape index (κ2) is 8.05. The third-order valence-electron chi connectivity index (χ3n) is 6.49. The summed E-state index contributed by atoms with van der Waals surface area (Å²) in [5, 5.41) is 4.30. The van der Waals surface area contributed by atoms with Crippen LogP contribution in [0.1, 0.15) is 59.6 Å². The summed E-state index contributed by atoms with van der Waals surface area (Å²) in [6.07, 6.45) is 8.11. The number of aromatic nitrogens is 4. The van der Waals surface area contributed by atoms with Crippen LogP contribution in [0, 0.1) is 6.92 Å². The standard InChI is InChI=1S/C23H28N6O/c1-17-15-21(29-23(26-17)24-16-25-29)27-11-13-28(14-12-27)22(30)20-9-7-19(8-10-20)18-5-3-2-4-6-18/h7-10,15-16,18H,2-6,11-14H2,1H3. The molecule has 3 aromatic rings. The minimum absolute atomic E-state index is 0.127. The topological polar surface area (TPSA) is 66.6 Å². The number of hydrogen-bond donors (Lipinski definition) is 0. The van der Waals surface area contributed by atoms with Crippen molar-refractivity contribution in [1.29, 1.82) is 0 Å². The summed E-state index contributed by atoms with van der Waals surface area (Å²) in [7, 11) is 0. The van der Waals surface area contributed by atoms with E-state index in [1.165, 1.54) is 44.0 Å². The largest absolute Gasteiger partial charge is 0.353 e. The zero-order chi connectivity index (χ0) is 20.5. The lowest BCUT2D eigenvalue weighted by Gasteiger charge is -2.36. The summed E-state index contributed by atoms with van der Waals surface area (Å²) >= 11 is 0. The van der Waals surface area contributed by atoms with Gasteiger partial charge < -0.3 is 9.80 Å². The first kappa shape index (κ1) is 19.0. The SMILES string of the molecule is Cc1cc(N2CCN(C(=O)c3ccc(C4CCCCC4)cc3)CC2)n2ncnc2n1. The van der Waals surface area contributed by atoms with Gasteiger partial charge in [-0.15, -0.1) is 0 Å². The van der Waals surface area contributed by atoms with Crippen LogP contribution in [0.2, 0.25) is 0 Å². The number of carbonyl (C=O) groups is 1. The lowest BCUT2D eigenvalue weighted by molar-refractivity contribution is 0.0746. The molecular formula is C23H28N6O. The van der Waals surface area contributed by atoms with Gasteiger partial charge in [0.2, 0.25) is 0 Å². The fraction of sp³-hybridized carbons (Fsp3) is 0.478. The van der Waals surface area contributed by atoms with Gasteiger partial charge in [0.05, 0.1) is 0 Å². The number of benzene rings is 1. The highest BCUT2D eigenvalue weighted by Crippen LogP contribution is 2.32. The van der Waals surface area contributed by atoms with E-state index in [2.05, 4.69) is 32.1 Å². The minimum atomic E-state index is 0.127. The van der Waals surface area contributed by atoms with Gasteiger partial charge in [0.1, 0.15) is 12.1 Å². The van der Waals surface area contributed by atoms with Crippen LogP contribution in [-0.4, -0.2) is 56.6 Å². The second-order valence-corrected chi connectivity index (χ2v) is 8.46. The Hall–Kier alpha value is -2.96. The molecule has 3 heterocycles. The van der Waals surface area contributed by atoms with Crippen molar-refractivity contribution in [2.45, 2.75) is 44.9 Å². The van der Waals surface area contributed by atoms with E-state index in [0.717, 1.165) is 30.2 Å². The summed E-state index contributed by atoms with van der Waals surface area (Å²) in [5.41, 5.74) is 3.10. The van der Waals surface area contributed by atoms with Crippen LogP contribution < -0.4 is 4.90 Å². The van der Waals surface area contributed by atoms with E-state index >= 15 is 0 Å². The highest BCUT2D eigenvalue weighted by atomic mass is 16.2. The first-order valence-corrected chi connectivity index (χ1v) is 11.0. The van der Waals surface area contributed by atoms with E-state index in [0.29, 0.717) is 24.8 Å². The normalized spacial score (nSPS) is 18.2. The molecule has 156 valence electrons. The van der Waals surface area contributed by atoms with Gasteiger partial charge in [-0.05, 0) is 43.4 Å². The highest BCUT2D eigenvalue weighted by molar-refractivity contribution is 5.94. The van der Waals surface area contributed by atoms with Crippen molar-refractivity contribution in [1.82, 2.24) is 24.5 Å². The summed E-state index contributed by atoms with van der Waals surface area (Å²) in [5.74, 6) is 2.39. The Morgan fingerprint density at radius 3 is 2.47 bits per heavy atom. The molecule has 1 amide bonds. The second-order valence-electron chi connectivity index (χ2n) is 8.46. The predicted molar refractivity (Wildman–Crippen MR) is 116 cm³/mol. The summed E-state index contributed by atoms with van der Waals surface area (Å²) in [4.78, 5) is 25.9. The fourth-order valence-electron chi connectivity index (χ4n) is 4.79. The minimum Gasteiger partial charge on any atom is -0.353 e. The van der Waals surface area contributed by atoms with E-state index < -0.39 is 0 Å².